The van der Waals surface area contributed by atoms with Crippen molar-refractivity contribution >= 4 is 11.9 Å². The molecule has 6 saturated carbocycles. The third kappa shape index (κ3) is 1.06. The first kappa shape index (κ1) is 15.6. The first-order chi connectivity index (χ1) is 12.2. The quantitative estimate of drug-likeness (QED) is 0.531. The van der Waals surface area contributed by atoms with E-state index in [9.17, 15) is 19.8 Å². The van der Waals surface area contributed by atoms with Gasteiger partial charge in [-0.3, -0.25) is 9.59 Å². The highest BCUT2D eigenvalue weighted by molar-refractivity contribution is 5.88. The van der Waals surface area contributed by atoms with Gasteiger partial charge in [-0.1, -0.05) is 12.2 Å². The molecule has 1 aliphatic heterocycles. The molecule has 26 heavy (non-hydrogen) atoms. The van der Waals surface area contributed by atoms with E-state index in [0.717, 1.165) is 5.57 Å². The molecular weight excluding hydrogens is 336 g/mol. The molecule has 7 rings (SSSR count). The molecule has 6 bridgehead atoms. The van der Waals surface area contributed by atoms with E-state index in [1.807, 2.05) is 0 Å². The summed E-state index contributed by atoms with van der Waals surface area (Å²) in [5.74, 6) is -1.48. The number of esters is 2. The van der Waals surface area contributed by atoms with E-state index >= 15 is 0 Å². The standard InChI is InChI=1S/C20H24O6/c1-8-9-6-18-12(15(23)25-3)14-17(2)11(22)4-5-20(14,26-16(17)24)19(18,13(8)18)7-10(9)21/h9-14,21-22H,1,4-7H2,2-3H3/t9-,10+,11+,12-,13+,14-,17-,18-,19+,20+/m1/s1. The summed E-state index contributed by atoms with van der Waals surface area (Å²) >= 11 is 0. The lowest BCUT2D eigenvalue weighted by Gasteiger charge is -2.49. The van der Waals surface area contributed by atoms with Crippen LogP contribution >= 0.6 is 0 Å². The molecule has 6 aliphatic carbocycles. The zero-order valence-corrected chi connectivity index (χ0v) is 15.0. The van der Waals surface area contributed by atoms with Crippen LogP contribution in [0.4, 0.5) is 0 Å². The summed E-state index contributed by atoms with van der Waals surface area (Å²) in [5, 5.41) is 21.5. The number of methoxy groups -OCH3 is 1. The molecule has 6 nitrogen and oxygen atoms in total. The predicted octanol–water partition coefficient (Wildman–Crippen LogP) is 0.805. The Balaban J connectivity index is 1.64. The van der Waals surface area contributed by atoms with E-state index in [1.54, 1.807) is 6.92 Å². The van der Waals surface area contributed by atoms with Gasteiger partial charge in [-0.25, -0.2) is 0 Å². The lowest BCUT2D eigenvalue weighted by atomic mass is 9.54. The molecule has 0 aromatic carbocycles. The maximum atomic E-state index is 13.0. The van der Waals surface area contributed by atoms with Crippen molar-refractivity contribution in [1.82, 2.24) is 0 Å². The lowest BCUT2D eigenvalue weighted by molar-refractivity contribution is -0.164. The van der Waals surface area contributed by atoms with Gasteiger partial charge in [-0.2, -0.15) is 0 Å². The van der Waals surface area contributed by atoms with Crippen LogP contribution in [0.1, 0.15) is 32.6 Å². The van der Waals surface area contributed by atoms with Crippen molar-refractivity contribution in [1.29, 1.82) is 0 Å². The van der Waals surface area contributed by atoms with E-state index in [4.69, 9.17) is 9.47 Å². The van der Waals surface area contributed by atoms with E-state index in [2.05, 4.69) is 6.58 Å². The van der Waals surface area contributed by atoms with E-state index in [-0.39, 0.29) is 23.2 Å². The normalized spacial score (nSPS) is 63.2. The largest absolute Gasteiger partial charge is 0.469 e. The number of aliphatic hydroxyl groups excluding tert-OH is 2. The van der Waals surface area contributed by atoms with Crippen molar-refractivity contribution in [2.75, 3.05) is 7.11 Å². The maximum absolute atomic E-state index is 13.0. The van der Waals surface area contributed by atoms with Crippen LogP contribution in [-0.2, 0) is 19.1 Å². The number of carbonyl (C=O) groups excluding carboxylic acids is 2. The van der Waals surface area contributed by atoms with Crippen molar-refractivity contribution in [3.63, 3.8) is 0 Å². The van der Waals surface area contributed by atoms with Crippen molar-refractivity contribution in [2.45, 2.75) is 50.4 Å². The molecule has 1 heterocycles. The second-order valence-electron chi connectivity index (χ2n) is 9.70. The summed E-state index contributed by atoms with van der Waals surface area (Å²) in [6, 6.07) is 0. The zero-order chi connectivity index (χ0) is 18.4. The molecule has 0 aromatic rings. The Morgan fingerprint density at radius 3 is 2.77 bits per heavy atom. The number of fused-ring (bicyclic) bond motifs is 1. The highest BCUT2D eigenvalue weighted by Crippen LogP contribution is 2.98. The molecular formula is C20H24O6. The van der Waals surface area contributed by atoms with E-state index in [0.29, 0.717) is 25.7 Å². The molecule has 7 fully saturated rings. The van der Waals surface area contributed by atoms with Crippen molar-refractivity contribution in [2.24, 2.45) is 39.9 Å². The van der Waals surface area contributed by atoms with Crippen LogP contribution < -0.4 is 0 Å². The lowest BCUT2D eigenvalue weighted by Crippen LogP contribution is -2.57. The second kappa shape index (κ2) is 3.90. The first-order valence-corrected chi connectivity index (χ1v) is 9.60. The van der Waals surface area contributed by atoms with Crippen LogP contribution in [0.3, 0.4) is 0 Å². The minimum absolute atomic E-state index is 0.0116. The van der Waals surface area contributed by atoms with Gasteiger partial charge < -0.3 is 19.7 Å². The number of rotatable bonds is 1. The summed E-state index contributed by atoms with van der Waals surface area (Å²) < 4.78 is 11.3. The fourth-order valence-corrected chi connectivity index (χ4v) is 8.97. The predicted molar refractivity (Wildman–Crippen MR) is 87.4 cm³/mol. The fraction of sp³-hybridized carbons (Fsp3) is 0.800. The van der Waals surface area contributed by atoms with E-state index < -0.39 is 46.4 Å². The summed E-state index contributed by atoms with van der Waals surface area (Å²) in [4.78, 5) is 26.0. The average molecular weight is 360 g/mol. The number of carbonyl (C=O) groups is 2. The molecule has 140 valence electrons. The molecule has 1 saturated heterocycles. The minimum atomic E-state index is -1.09. The van der Waals surface area contributed by atoms with Gasteiger partial charge in [0.15, 0.2) is 0 Å². The molecule has 0 aromatic heterocycles. The molecule has 2 N–H and O–H groups in total. The Kier molecular flexibility index (Phi) is 2.35. The Labute approximate surface area is 151 Å². The van der Waals surface area contributed by atoms with Crippen LogP contribution in [-0.4, -0.2) is 47.1 Å². The Morgan fingerprint density at radius 1 is 1.35 bits per heavy atom. The van der Waals surface area contributed by atoms with Gasteiger partial charge in [0.1, 0.15) is 5.60 Å². The van der Waals surface area contributed by atoms with Crippen molar-refractivity contribution < 1.29 is 29.3 Å². The van der Waals surface area contributed by atoms with Gasteiger partial charge in [-0.05, 0) is 38.5 Å². The molecule has 2 spiro atoms. The summed E-state index contributed by atoms with van der Waals surface area (Å²) in [6.07, 6.45) is 0.945. The van der Waals surface area contributed by atoms with Crippen molar-refractivity contribution in [3.8, 4) is 0 Å². The Bertz CT molecular complexity index is 806. The average Bonchev–Trinajstić information content (AvgIpc) is 2.91. The first-order valence-electron chi connectivity index (χ1n) is 9.60. The molecule has 7 aliphatic rings. The van der Waals surface area contributed by atoms with Gasteiger partial charge in [0, 0.05) is 22.7 Å². The smallest absolute Gasteiger partial charge is 0.315 e. The number of hydrogen-bond acceptors (Lipinski definition) is 6. The van der Waals surface area contributed by atoms with Crippen molar-refractivity contribution in [3.05, 3.63) is 12.2 Å². The zero-order valence-electron chi connectivity index (χ0n) is 15.0. The number of ether oxygens (including phenoxy) is 2. The van der Waals surface area contributed by atoms with Gasteiger partial charge >= 0.3 is 11.9 Å². The SMILES string of the molecule is C=C1[C@H]2C[C@]34[C@@H](C(=O)OC)[C@@H]5[C@]6(C)C(=O)O[C@]5(CC[C@@H]6O)[C@@]3(C[C@@H]2O)[C@@H]14. The summed E-state index contributed by atoms with van der Waals surface area (Å²) in [5.41, 5.74) is -1.64. The number of aliphatic hydroxyl groups is 2. The van der Waals surface area contributed by atoms with E-state index in [1.165, 1.54) is 7.11 Å². The van der Waals surface area contributed by atoms with Gasteiger partial charge in [0.05, 0.1) is 30.7 Å². The highest BCUT2D eigenvalue weighted by Gasteiger charge is 3.01. The third-order valence-corrected chi connectivity index (χ3v) is 9.60. The Hall–Kier alpha value is -1.40. The summed E-state index contributed by atoms with van der Waals surface area (Å²) in [7, 11) is 1.39. The summed E-state index contributed by atoms with van der Waals surface area (Å²) in [6.45, 7) is 6.02. The third-order valence-electron chi connectivity index (χ3n) is 9.60. The van der Waals surface area contributed by atoms with Crippen LogP contribution in [0.15, 0.2) is 12.2 Å². The van der Waals surface area contributed by atoms with Crippen LogP contribution in [0.5, 0.6) is 0 Å². The van der Waals surface area contributed by atoms with Gasteiger partial charge in [-0.15, -0.1) is 0 Å². The maximum Gasteiger partial charge on any atom is 0.315 e. The highest BCUT2D eigenvalue weighted by atomic mass is 16.6. The molecule has 0 amide bonds. The second-order valence-corrected chi connectivity index (χ2v) is 9.70. The molecule has 10 atom stereocenters. The van der Waals surface area contributed by atoms with Crippen LogP contribution in [0.2, 0.25) is 0 Å². The molecule has 0 radical (unpaired) electrons. The number of hydrogen-bond donors (Lipinski definition) is 2. The fourth-order valence-electron chi connectivity index (χ4n) is 8.97. The molecule has 6 heteroatoms. The van der Waals surface area contributed by atoms with Crippen LogP contribution in [0.25, 0.3) is 0 Å². The topological polar surface area (TPSA) is 93.1 Å². The monoisotopic (exact) mass is 360 g/mol. The minimum Gasteiger partial charge on any atom is -0.469 e. The van der Waals surface area contributed by atoms with Gasteiger partial charge in [0.25, 0.3) is 0 Å². The van der Waals surface area contributed by atoms with Gasteiger partial charge in [0.2, 0.25) is 0 Å². The Morgan fingerprint density at radius 2 is 2.08 bits per heavy atom. The van der Waals surface area contributed by atoms with Crippen LogP contribution in [0, 0.1) is 39.9 Å². The molecule has 0 unspecified atom stereocenters.